The largest absolute Gasteiger partial charge is 0.466 e. The van der Waals surface area contributed by atoms with Crippen LogP contribution in [-0.4, -0.2) is 18.4 Å². The van der Waals surface area contributed by atoms with Gasteiger partial charge in [-0.05, 0) is 38.8 Å². The van der Waals surface area contributed by atoms with Gasteiger partial charge in [-0.25, -0.2) is 0 Å². The van der Waals surface area contributed by atoms with Crippen LogP contribution in [0.5, 0.6) is 0 Å². The summed E-state index contributed by atoms with van der Waals surface area (Å²) in [7, 11) is 0. The zero-order valence-electron chi connectivity index (χ0n) is 11.3. The van der Waals surface area contributed by atoms with E-state index in [1.54, 1.807) is 6.92 Å². The van der Waals surface area contributed by atoms with Gasteiger partial charge in [0.05, 0.1) is 6.61 Å². The van der Waals surface area contributed by atoms with Crippen molar-refractivity contribution in [2.24, 2.45) is 0 Å². The molecule has 0 radical (unpaired) electrons. The number of aryl methyl sites for hydroxylation is 2. The maximum Gasteiger partial charge on any atom is 0.305 e. The van der Waals surface area contributed by atoms with Crippen LogP contribution in [0.4, 0.5) is 0 Å². The summed E-state index contributed by atoms with van der Waals surface area (Å²) in [5.41, 5.74) is 2.83. The third kappa shape index (κ3) is 4.32. The van der Waals surface area contributed by atoms with Crippen LogP contribution in [0, 0.1) is 13.8 Å². The van der Waals surface area contributed by atoms with Crippen molar-refractivity contribution in [2.75, 3.05) is 6.61 Å². The summed E-state index contributed by atoms with van der Waals surface area (Å²) in [6.45, 7) is 6.07. The molecule has 0 N–H and O–H groups in total. The molecule has 0 aliphatic carbocycles. The summed E-state index contributed by atoms with van der Waals surface area (Å²) in [5, 5.41) is 0. The second kappa shape index (κ2) is 6.94. The van der Waals surface area contributed by atoms with Crippen molar-refractivity contribution in [2.45, 2.75) is 40.0 Å². The summed E-state index contributed by atoms with van der Waals surface area (Å²) in [5.74, 6) is -0.133. The summed E-state index contributed by atoms with van der Waals surface area (Å²) in [4.78, 5) is 23.2. The Balaban J connectivity index is 2.50. The monoisotopic (exact) mass is 248 g/mol. The normalized spacial score (nSPS) is 10.2. The number of ether oxygens (including phenoxy) is 1. The highest BCUT2D eigenvalue weighted by atomic mass is 16.5. The standard InChI is InChI=1S/C15H20O3/c1-4-18-15(17)7-5-6-14(16)13-10-11(2)8-9-12(13)3/h8-10H,4-7H2,1-3H3. The molecule has 0 atom stereocenters. The van der Waals surface area contributed by atoms with Crippen molar-refractivity contribution in [1.29, 1.82) is 0 Å². The van der Waals surface area contributed by atoms with Crippen molar-refractivity contribution in [3.63, 3.8) is 0 Å². The SMILES string of the molecule is CCOC(=O)CCCC(=O)c1cc(C)ccc1C. The molecule has 0 bridgehead atoms. The van der Waals surface area contributed by atoms with Gasteiger partial charge in [0.15, 0.2) is 5.78 Å². The molecule has 0 aliphatic heterocycles. The molecule has 1 aromatic carbocycles. The predicted molar refractivity (Wildman–Crippen MR) is 70.7 cm³/mol. The number of rotatable bonds is 6. The number of Topliss-reactive ketones (excluding diaryl/α,β-unsaturated/α-hetero) is 1. The van der Waals surface area contributed by atoms with E-state index >= 15 is 0 Å². The Bertz CT molecular complexity index is 435. The molecule has 0 fully saturated rings. The van der Waals surface area contributed by atoms with Crippen LogP contribution >= 0.6 is 0 Å². The first-order valence-electron chi connectivity index (χ1n) is 6.30. The molecule has 98 valence electrons. The third-order valence-corrected chi connectivity index (χ3v) is 2.78. The topological polar surface area (TPSA) is 43.4 Å². The molecule has 18 heavy (non-hydrogen) atoms. The van der Waals surface area contributed by atoms with E-state index in [2.05, 4.69) is 0 Å². The van der Waals surface area contributed by atoms with E-state index in [4.69, 9.17) is 4.74 Å². The Morgan fingerprint density at radius 1 is 1.17 bits per heavy atom. The molecule has 0 amide bonds. The summed E-state index contributed by atoms with van der Waals surface area (Å²) < 4.78 is 4.82. The van der Waals surface area contributed by atoms with Gasteiger partial charge in [-0.15, -0.1) is 0 Å². The van der Waals surface area contributed by atoms with Gasteiger partial charge in [-0.3, -0.25) is 9.59 Å². The van der Waals surface area contributed by atoms with Crippen molar-refractivity contribution >= 4 is 11.8 Å². The molecule has 0 unspecified atom stereocenters. The highest BCUT2D eigenvalue weighted by Gasteiger charge is 2.10. The maximum absolute atomic E-state index is 12.0. The molecule has 0 aliphatic rings. The first-order chi connectivity index (χ1) is 8.54. The van der Waals surface area contributed by atoms with Crippen molar-refractivity contribution in [3.05, 3.63) is 34.9 Å². The molecule has 3 heteroatoms. The van der Waals surface area contributed by atoms with Gasteiger partial charge >= 0.3 is 5.97 Å². The molecule has 3 nitrogen and oxygen atoms in total. The third-order valence-electron chi connectivity index (χ3n) is 2.78. The Morgan fingerprint density at radius 3 is 2.56 bits per heavy atom. The maximum atomic E-state index is 12.0. The summed E-state index contributed by atoms with van der Waals surface area (Å²) in [6, 6.07) is 5.85. The Hall–Kier alpha value is -1.64. The molecular formula is C15H20O3. The van der Waals surface area contributed by atoms with Crippen molar-refractivity contribution < 1.29 is 14.3 Å². The summed E-state index contributed by atoms with van der Waals surface area (Å²) in [6.07, 6.45) is 1.25. The Kier molecular flexibility index (Phi) is 5.56. The molecule has 0 saturated heterocycles. The Labute approximate surface area is 108 Å². The molecule has 0 saturated carbocycles. The minimum Gasteiger partial charge on any atom is -0.466 e. The van der Waals surface area contributed by atoms with E-state index in [1.807, 2.05) is 32.0 Å². The van der Waals surface area contributed by atoms with Gasteiger partial charge in [0.25, 0.3) is 0 Å². The van der Waals surface area contributed by atoms with Crippen LogP contribution in [-0.2, 0) is 9.53 Å². The smallest absolute Gasteiger partial charge is 0.305 e. The number of benzene rings is 1. The predicted octanol–water partition coefficient (Wildman–Crippen LogP) is 3.22. The lowest BCUT2D eigenvalue weighted by Gasteiger charge is -2.06. The highest BCUT2D eigenvalue weighted by molar-refractivity contribution is 5.97. The minimum absolute atomic E-state index is 0.0977. The van der Waals surface area contributed by atoms with Gasteiger partial charge < -0.3 is 4.74 Å². The van der Waals surface area contributed by atoms with Gasteiger partial charge in [0.1, 0.15) is 0 Å². The minimum atomic E-state index is -0.230. The summed E-state index contributed by atoms with van der Waals surface area (Å²) >= 11 is 0. The fraction of sp³-hybridized carbons (Fsp3) is 0.467. The quantitative estimate of drug-likeness (QED) is 0.573. The number of hydrogen-bond acceptors (Lipinski definition) is 3. The lowest BCUT2D eigenvalue weighted by atomic mass is 9.99. The zero-order valence-corrected chi connectivity index (χ0v) is 11.3. The lowest BCUT2D eigenvalue weighted by Crippen LogP contribution is -2.06. The molecule has 0 heterocycles. The van der Waals surface area contributed by atoms with Crippen LogP contribution < -0.4 is 0 Å². The van der Waals surface area contributed by atoms with E-state index in [-0.39, 0.29) is 11.8 Å². The van der Waals surface area contributed by atoms with E-state index in [0.29, 0.717) is 25.9 Å². The van der Waals surface area contributed by atoms with Crippen LogP contribution in [0.15, 0.2) is 18.2 Å². The Morgan fingerprint density at radius 2 is 1.89 bits per heavy atom. The van der Waals surface area contributed by atoms with E-state index in [9.17, 15) is 9.59 Å². The molecule has 1 aromatic rings. The van der Waals surface area contributed by atoms with Crippen LogP contribution in [0.1, 0.15) is 47.7 Å². The number of hydrogen-bond donors (Lipinski definition) is 0. The number of carbonyl (C=O) groups is 2. The van der Waals surface area contributed by atoms with Gasteiger partial charge in [-0.1, -0.05) is 17.7 Å². The van der Waals surface area contributed by atoms with E-state index < -0.39 is 0 Å². The second-order valence-electron chi connectivity index (χ2n) is 4.40. The van der Waals surface area contributed by atoms with Crippen LogP contribution in [0.25, 0.3) is 0 Å². The van der Waals surface area contributed by atoms with Gasteiger partial charge in [0.2, 0.25) is 0 Å². The average Bonchev–Trinajstić information content (AvgIpc) is 2.32. The fourth-order valence-corrected chi connectivity index (χ4v) is 1.80. The average molecular weight is 248 g/mol. The van der Waals surface area contributed by atoms with Crippen molar-refractivity contribution in [3.8, 4) is 0 Å². The van der Waals surface area contributed by atoms with Crippen LogP contribution in [0.2, 0.25) is 0 Å². The van der Waals surface area contributed by atoms with Gasteiger partial charge in [0, 0.05) is 18.4 Å². The van der Waals surface area contributed by atoms with E-state index in [0.717, 1.165) is 16.7 Å². The first-order valence-corrected chi connectivity index (χ1v) is 6.30. The van der Waals surface area contributed by atoms with E-state index in [1.165, 1.54) is 0 Å². The molecular weight excluding hydrogens is 228 g/mol. The number of esters is 1. The highest BCUT2D eigenvalue weighted by Crippen LogP contribution is 2.14. The fourth-order valence-electron chi connectivity index (χ4n) is 1.80. The lowest BCUT2D eigenvalue weighted by molar-refractivity contribution is -0.143. The number of carbonyl (C=O) groups excluding carboxylic acids is 2. The van der Waals surface area contributed by atoms with Gasteiger partial charge in [-0.2, -0.15) is 0 Å². The molecule has 0 aromatic heterocycles. The first kappa shape index (κ1) is 14.4. The molecule has 0 spiro atoms. The number of ketones is 1. The zero-order chi connectivity index (χ0) is 13.5. The molecule has 1 rings (SSSR count). The second-order valence-corrected chi connectivity index (χ2v) is 4.40. The van der Waals surface area contributed by atoms with Crippen LogP contribution in [0.3, 0.4) is 0 Å². The van der Waals surface area contributed by atoms with Crippen molar-refractivity contribution in [1.82, 2.24) is 0 Å².